The van der Waals surface area contributed by atoms with Crippen LogP contribution in [0.25, 0.3) is 10.9 Å². The number of anilines is 2. The first-order chi connectivity index (χ1) is 10.5. The summed E-state index contributed by atoms with van der Waals surface area (Å²) in [6.07, 6.45) is -3.04. The highest BCUT2D eigenvalue weighted by molar-refractivity contribution is 5.91. The summed E-state index contributed by atoms with van der Waals surface area (Å²) < 4.78 is 39.0. The molecule has 0 aliphatic rings. The summed E-state index contributed by atoms with van der Waals surface area (Å²) in [5.41, 5.74) is 0.239. The Kier molecular flexibility index (Phi) is 3.40. The van der Waals surface area contributed by atoms with Crippen molar-refractivity contribution in [2.75, 3.05) is 11.9 Å². The minimum Gasteiger partial charge on any atom is -0.314 e. The Morgan fingerprint density at radius 2 is 1.68 bits per heavy atom. The van der Waals surface area contributed by atoms with Crippen molar-refractivity contribution in [2.24, 2.45) is 0 Å². The monoisotopic (exact) mass is 304 g/mol. The van der Waals surface area contributed by atoms with E-state index in [4.69, 9.17) is 0 Å². The third kappa shape index (κ3) is 2.57. The molecule has 0 spiro atoms. The van der Waals surface area contributed by atoms with Crippen molar-refractivity contribution >= 4 is 22.5 Å². The van der Waals surface area contributed by atoms with E-state index in [2.05, 4.69) is 15.0 Å². The summed E-state index contributed by atoms with van der Waals surface area (Å²) in [4.78, 5) is 12.9. The van der Waals surface area contributed by atoms with E-state index < -0.39 is 12.0 Å². The second-order valence-corrected chi connectivity index (χ2v) is 4.63. The van der Waals surface area contributed by atoms with Crippen LogP contribution in [0.5, 0.6) is 0 Å². The van der Waals surface area contributed by atoms with Gasteiger partial charge in [-0.3, -0.25) is 0 Å². The van der Waals surface area contributed by atoms with Crippen LogP contribution < -0.4 is 4.90 Å². The number of para-hydroxylation sites is 1. The van der Waals surface area contributed by atoms with Gasteiger partial charge in [-0.1, -0.05) is 18.2 Å². The predicted octanol–water partition coefficient (Wildman–Crippen LogP) is 3.81. The molecule has 0 fully saturated rings. The smallest absolute Gasteiger partial charge is 0.314 e. The fourth-order valence-corrected chi connectivity index (χ4v) is 2.10. The number of benzene rings is 1. The maximum absolute atomic E-state index is 13.0. The number of rotatable bonds is 2. The van der Waals surface area contributed by atoms with Gasteiger partial charge in [-0.15, -0.1) is 0 Å². The molecule has 0 aliphatic carbocycles. The molecule has 0 saturated heterocycles. The average Bonchev–Trinajstić information content (AvgIpc) is 2.53. The minimum absolute atomic E-state index is 0.164. The topological polar surface area (TPSA) is 41.9 Å². The molecule has 3 aromatic rings. The van der Waals surface area contributed by atoms with E-state index in [1.807, 2.05) is 0 Å². The molecule has 0 saturated carbocycles. The molecular formula is C15H11F3N4. The fourth-order valence-electron chi connectivity index (χ4n) is 2.10. The molecule has 7 heteroatoms. The van der Waals surface area contributed by atoms with E-state index in [0.29, 0.717) is 11.2 Å². The second kappa shape index (κ2) is 5.25. The molecule has 2 heterocycles. The Bertz CT molecular complexity index is 803. The Hall–Kier alpha value is -2.70. The zero-order valence-electron chi connectivity index (χ0n) is 11.5. The first-order valence-corrected chi connectivity index (χ1v) is 6.45. The molecule has 0 aliphatic heterocycles. The average molecular weight is 304 g/mol. The summed E-state index contributed by atoms with van der Waals surface area (Å²) in [5.74, 6) is -0.500. The summed E-state index contributed by atoms with van der Waals surface area (Å²) in [5, 5.41) is 0.531. The molecule has 3 rings (SSSR count). The molecule has 0 unspecified atom stereocenters. The first-order valence-electron chi connectivity index (χ1n) is 6.45. The molecule has 112 valence electrons. The van der Waals surface area contributed by atoms with Crippen LogP contribution in [0, 0.1) is 0 Å². The van der Waals surface area contributed by atoms with Gasteiger partial charge in [0.1, 0.15) is 11.6 Å². The lowest BCUT2D eigenvalue weighted by Crippen LogP contribution is -2.18. The number of alkyl halides is 3. The Morgan fingerprint density at radius 1 is 0.955 bits per heavy atom. The van der Waals surface area contributed by atoms with Crippen LogP contribution in [0.2, 0.25) is 0 Å². The van der Waals surface area contributed by atoms with Crippen LogP contribution >= 0.6 is 0 Å². The van der Waals surface area contributed by atoms with Gasteiger partial charge in [-0.25, -0.2) is 15.0 Å². The number of hydrogen-bond donors (Lipinski definition) is 0. The molecule has 22 heavy (non-hydrogen) atoms. The van der Waals surface area contributed by atoms with Crippen LogP contribution in [0.1, 0.15) is 5.82 Å². The fraction of sp³-hybridized carbons (Fsp3) is 0.133. The van der Waals surface area contributed by atoms with Gasteiger partial charge in [-0.2, -0.15) is 13.2 Å². The maximum Gasteiger partial charge on any atom is 0.451 e. The molecule has 0 radical (unpaired) electrons. The van der Waals surface area contributed by atoms with Crippen molar-refractivity contribution in [3.05, 3.63) is 54.5 Å². The lowest BCUT2D eigenvalue weighted by atomic mass is 10.2. The largest absolute Gasteiger partial charge is 0.451 e. The zero-order valence-corrected chi connectivity index (χ0v) is 11.5. The first kappa shape index (κ1) is 14.2. The Balaban J connectivity index is 2.23. The van der Waals surface area contributed by atoms with Crippen molar-refractivity contribution in [3.63, 3.8) is 0 Å². The van der Waals surface area contributed by atoms with E-state index in [0.717, 1.165) is 0 Å². The zero-order chi connectivity index (χ0) is 15.7. The highest BCUT2D eigenvalue weighted by Crippen LogP contribution is 2.33. The molecule has 1 aromatic carbocycles. The van der Waals surface area contributed by atoms with Gasteiger partial charge in [-0.05, 0) is 24.3 Å². The van der Waals surface area contributed by atoms with Crippen LogP contribution in [0.15, 0.2) is 48.7 Å². The van der Waals surface area contributed by atoms with E-state index >= 15 is 0 Å². The van der Waals surface area contributed by atoms with Crippen LogP contribution in [0.4, 0.5) is 24.8 Å². The normalized spacial score (nSPS) is 11.6. The van der Waals surface area contributed by atoms with Crippen molar-refractivity contribution < 1.29 is 13.2 Å². The number of fused-ring (bicyclic) bond motifs is 1. The third-order valence-electron chi connectivity index (χ3n) is 3.15. The Morgan fingerprint density at radius 3 is 2.36 bits per heavy atom. The number of pyridine rings is 1. The van der Waals surface area contributed by atoms with Crippen molar-refractivity contribution in [1.29, 1.82) is 0 Å². The standard InChI is InChI=1S/C15H11F3N4/c1-22(12-8-4-5-9-19-12)13-10-6-2-3-7-11(10)20-14(21-13)15(16,17)18/h2-9H,1H3. The minimum atomic E-state index is -4.61. The summed E-state index contributed by atoms with van der Waals surface area (Å²) in [6, 6.07) is 11.8. The van der Waals surface area contributed by atoms with E-state index in [1.165, 1.54) is 11.0 Å². The summed E-state index contributed by atoms with van der Waals surface area (Å²) in [7, 11) is 1.62. The number of aromatic nitrogens is 3. The highest BCUT2D eigenvalue weighted by atomic mass is 19.4. The van der Waals surface area contributed by atoms with Crippen LogP contribution in [0.3, 0.4) is 0 Å². The van der Waals surface area contributed by atoms with Gasteiger partial charge in [0.05, 0.1) is 5.52 Å². The van der Waals surface area contributed by atoms with Gasteiger partial charge in [0.25, 0.3) is 0 Å². The molecule has 4 nitrogen and oxygen atoms in total. The molecule has 0 N–H and O–H groups in total. The van der Waals surface area contributed by atoms with Crippen molar-refractivity contribution in [3.8, 4) is 0 Å². The lowest BCUT2D eigenvalue weighted by Gasteiger charge is -2.20. The SMILES string of the molecule is CN(c1ccccn1)c1nc(C(F)(F)F)nc2ccccc12. The lowest BCUT2D eigenvalue weighted by molar-refractivity contribution is -0.144. The molecule has 0 atom stereocenters. The highest BCUT2D eigenvalue weighted by Gasteiger charge is 2.36. The van der Waals surface area contributed by atoms with E-state index in [-0.39, 0.29) is 11.3 Å². The Labute approximate surface area is 124 Å². The van der Waals surface area contributed by atoms with Gasteiger partial charge < -0.3 is 4.90 Å². The predicted molar refractivity (Wildman–Crippen MR) is 76.8 cm³/mol. The van der Waals surface area contributed by atoms with Crippen LogP contribution in [-0.2, 0) is 6.18 Å². The van der Waals surface area contributed by atoms with Crippen molar-refractivity contribution in [2.45, 2.75) is 6.18 Å². The number of nitrogens with zero attached hydrogens (tertiary/aromatic N) is 4. The van der Waals surface area contributed by atoms with Crippen LogP contribution in [-0.4, -0.2) is 22.0 Å². The van der Waals surface area contributed by atoms with Gasteiger partial charge in [0.15, 0.2) is 0 Å². The molecule has 0 bridgehead atoms. The number of hydrogen-bond acceptors (Lipinski definition) is 4. The van der Waals surface area contributed by atoms with Gasteiger partial charge in [0, 0.05) is 18.6 Å². The molecular weight excluding hydrogens is 293 g/mol. The number of halogens is 3. The summed E-state index contributed by atoms with van der Waals surface area (Å²) >= 11 is 0. The van der Waals surface area contributed by atoms with E-state index in [1.54, 1.807) is 49.6 Å². The summed E-state index contributed by atoms with van der Waals surface area (Å²) in [6.45, 7) is 0. The second-order valence-electron chi connectivity index (χ2n) is 4.63. The molecule has 2 aromatic heterocycles. The van der Waals surface area contributed by atoms with Crippen molar-refractivity contribution in [1.82, 2.24) is 15.0 Å². The quantitative estimate of drug-likeness (QED) is 0.722. The maximum atomic E-state index is 13.0. The van der Waals surface area contributed by atoms with E-state index in [9.17, 15) is 13.2 Å². The molecule has 0 amide bonds. The third-order valence-corrected chi connectivity index (χ3v) is 3.15. The van der Waals surface area contributed by atoms with Gasteiger partial charge >= 0.3 is 6.18 Å². The van der Waals surface area contributed by atoms with Gasteiger partial charge in [0.2, 0.25) is 5.82 Å².